The highest BCUT2D eigenvalue weighted by molar-refractivity contribution is 14.0. The Kier molecular flexibility index (Phi) is 12.8. The van der Waals surface area contributed by atoms with Crippen LogP contribution in [-0.4, -0.2) is 64.0 Å². The molecule has 0 heterocycles. The molecule has 0 aliphatic rings. The van der Waals surface area contributed by atoms with Crippen molar-refractivity contribution in [1.82, 2.24) is 15.5 Å². The Labute approximate surface area is 180 Å². The number of aliphatic imine (C=N–C) groups is 1. The minimum absolute atomic E-state index is 0. The lowest BCUT2D eigenvalue weighted by Gasteiger charge is -2.19. The average molecular weight is 514 g/mol. The molecule has 0 radical (unpaired) electrons. The molecule has 156 valence electrons. The van der Waals surface area contributed by atoms with E-state index in [0.717, 1.165) is 25.2 Å². The number of nitrogens with one attached hydrogen (secondary N) is 2. The molecule has 0 aromatic heterocycles. The van der Waals surface area contributed by atoms with Gasteiger partial charge in [-0.25, -0.2) is 12.8 Å². The average Bonchev–Trinajstić information content (AvgIpc) is 2.54. The van der Waals surface area contributed by atoms with E-state index in [2.05, 4.69) is 20.5 Å². The first-order valence-corrected chi connectivity index (χ1v) is 10.9. The third-order valence-corrected chi connectivity index (χ3v) is 4.74. The number of halogens is 2. The molecular formula is C18H32FIN4O2S. The summed E-state index contributed by atoms with van der Waals surface area (Å²) in [6.45, 7) is 6.75. The fraction of sp³-hybridized carbons (Fsp3) is 0.611. The molecule has 1 unspecified atom stereocenters. The molecule has 9 heteroatoms. The van der Waals surface area contributed by atoms with Gasteiger partial charge >= 0.3 is 0 Å². The molecule has 0 spiro atoms. The summed E-state index contributed by atoms with van der Waals surface area (Å²) in [7, 11) is -0.964. The first-order chi connectivity index (χ1) is 12.2. The fourth-order valence-electron chi connectivity index (χ4n) is 2.33. The number of nitrogens with zero attached hydrogens (tertiary/aromatic N) is 2. The maximum atomic E-state index is 12.9. The van der Waals surface area contributed by atoms with Gasteiger partial charge in [0.1, 0.15) is 15.7 Å². The topological polar surface area (TPSA) is 73.8 Å². The maximum Gasteiger partial charge on any atom is 0.191 e. The van der Waals surface area contributed by atoms with Crippen LogP contribution in [0.1, 0.15) is 25.8 Å². The molecule has 1 aromatic rings. The maximum absolute atomic E-state index is 12.9. The van der Waals surface area contributed by atoms with Crippen LogP contribution in [0.3, 0.4) is 0 Å². The van der Waals surface area contributed by atoms with E-state index >= 15 is 0 Å². The molecular weight excluding hydrogens is 482 g/mol. The van der Waals surface area contributed by atoms with E-state index in [0.29, 0.717) is 18.9 Å². The van der Waals surface area contributed by atoms with Crippen molar-refractivity contribution < 1.29 is 12.8 Å². The Morgan fingerprint density at radius 3 is 2.48 bits per heavy atom. The number of hydrogen-bond donors (Lipinski definition) is 2. The van der Waals surface area contributed by atoms with Crippen LogP contribution in [-0.2, 0) is 16.4 Å². The quantitative estimate of drug-likeness (QED) is 0.285. The third kappa shape index (κ3) is 13.0. The second-order valence-electron chi connectivity index (χ2n) is 6.59. The SMILES string of the molecule is CCNC(=NCCN(C)Cc1ccc(F)cc1)NC(C)CCS(C)(=O)=O.I. The Morgan fingerprint density at radius 2 is 1.93 bits per heavy atom. The van der Waals surface area contributed by atoms with Crippen molar-refractivity contribution in [2.75, 3.05) is 38.7 Å². The van der Waals surface area contributed by atoms with Gasteiger partial charge in [0.25, 0.3) is 0 Å². The second kappa shape index (κ2) is 13.3. The zero-order valence-electron chi connectivity index (χ0n) is 16.5. The van der Waals surface area contributed by atoms with Crippen LogP contribution >= 0.6 is 24.0 Å². The summed E-state index contributed by atoms with van der Waals surface area (Å²) in [4.78, 5) is 6.66. The summed E-state index contributed by atoms with van der Waals surface area (Å²) in [5.74, 6) is 0.608. The lowest BCUT2D eigenvalue weighted by atomic mass is 10.2. The van der Waals surface area contributed by atoms with Crippen LogP contribution in [0.15, 0.2) is 29.3 Å². The van der Waals surface area contributed by atoms with Gasteiger partial charge in [0.2, 0.25) is 0 Å². The summed E-state index contributed by atoms with van der Waals surface area (Å²) < 4.78 is 35.5. The van der Waals surface area contributed by atoms with Gasteiger partial charge in [0.15, 0.2) is 5.96 Å². The number of likely N-dealkylation sites (N-methyl/N-ethyl adjacent to an activating group) is 1. The third-order valence-electron chi connectivity index (χ3n) is 3.77. The Morgan fingerprint density at radius 1 is 1.30 bits per heavy atom. The van der Waals surface area contributed by atoms with E-state index in [-0.39, 0.29) is 41.6 Å². The summed E-state index contributed by atoms with van der Waals surface area (Å²) in [5, 5.41) is 6.40. The van der Waals surface area contributed by atoms with Crippen molar-refractivity contribution in [3.05, 3.63) is 35.6 Å². The van der Waals surface area contributed by atoms with Crippen molar-refractivity contribution in [2.45, 2.75) is 32.9 Å². The minimum atomic E-state index is -2.96. The van der Waals surface area contributed by atoms with E-state index in [1.54, 1.807) is 12.1 Å². The van der Waals surface area contributed by atoms with Gasteiger partial charge in [-0.2, -0.15) is 0 Å². The molecule has 27 heavy (non-hydrogen) atoms. The van der Waals surface area contributed by atoms with Crippen molar-refractivity contribution in [1.29, 1.82) is 0 Å². The monoisotopic (exact) mass is 514 g/mol. The lowest BCUT2D eigenvalue weighted by Crippen LogP contribution is -2.43. The van der Waals surface area contributed by atoms with E-state index in [4.69, 9.17) is 0 Å². The van der Waals surface area contributed by atoms with Crippen LogP contribution in [0, 0.1) is 5.82 Å². The summed E-state index contributed by atoms with van der Waals surface area (Å²) in [6, 6.07) is 6.51. The molecule has 1 atom stereocenters. The number of sulfone groups is 1. The summed E-state index contributed by atoms with van der Waals surface area (Å²) in [5.41, 5.74) is 1.05. The van der Waals surface area contributed by atoms with Crippen LogP contribution < -0.4 is 10.6 Å². The van der Waals surface area contributed by atoms with Gasteiger partial charge in [-0.1, -0.05) is 12.1 Å². The van der Waals surface area contributed by atoms with E-state index in [1.807, 2.05) is 20.9 Å². The molecule has 2 N–H and O–H groups in total. The van der Waals surface area contributed by atoms with E-state index < -0.39 is 9.84 Å². The first-order valence-electron chi connectivity index (χ1n) is 8.85. The molecule has 0 aliphatic carbocycles. The van der Waals surface area contributed by atoms with Gasteiger partial charge in [-0.15, -0.1) is 24.0 Å². The van der Waals surface area contributed by atoms with Gasteiger partial charge in [-0.3, -0.25) is 4.99 Å². The molecule has 0 bridgehead atoms. The summed E-state index contributed by atoms with van der Waals surface area (Å²) in [6.07, 6.45) is 1.78. The zero-order chi connectivity index (χ0) is 19.6. The highest BCUT2D eigenvalue weighted by Crippen LogP contribution is 2.05. The molecule has 0 saturated heterocycles. The van der Waals surface area contributed by atoms with Crippen molar-refractivity contribution in [2.24, 2.45) is 4.99 Å². The first kappa shape index (κ1) is 26.1. The number of guanidine groups is 1. The van der Waals surface area contributed by atoms with Crippen molar-refractivity contribution in [3.8, 4) is 0 Å². The van der Waals surface area contributed by atoms with Crippen LogP contribution in [0.25, 0.3) is 0 Å². The predicted molar refractivity (Wildman–Crippen MR) is 121 cm³/mol. The molecule has 1 aromatic carbocycles. The number of hydrogen-bond acceptors (Lipinski definition) is 4. The van der Waals surface area contributed by atoms with Gasteiger partial charge < -0.3 is 15.5 Å². The Balaban J connectivity index is 0.00000676. The van der Waals surface area contributed by atoms with Crippen molar-refractivity contribution >= 4 is 39.8 Å². The number of benzene rings is 1. The summed E-state index contributed by atoms with van der Waals surface area (Å²) >= 11 is 0. The van der Waals surface area contributed by atoms with Crippen LogP contribution in [0.2, 0.25) is 0 Å². The molecule has 0 amide bonds. The highest BCUT2D eigenvalue weighted by Gasteiger charge is 2.09. The molecule has 0 fully saturated rings. The molecule has 1 rings (SSSR count). The van der Waals surface area contributed by atoms with Crippen molar-refractivity contribution in [3.63, 3.8) is 0 Å². The zero-order valence-corrected chi connectivity index (χ0v) is 19.7. The predicted octanol–water partition coefficient (Wildman–Crippen LogP) is 2.25. The van der Waals surface area contributed by atoms with Crippen LogP contribution in [0.4, 0.5) is 4.39 Å². The number of rotatable bonds is 10. The molecule has 0 aliphatic heterocycles. The van der Waals surface area contributed by atoms with E-state index in [9.17, 15) is 12.8 Å². The fourth-order valence-corrected chi connectivity index (χ4v) is 3.11. The normalized spacial score (nSPS) is 13.2. The second-order valence-corrected chi connectivity index (χ2v) is 8.85. The molecule has 0 saturated carbocycles. The standard InChI is InChI=1S/C18H31FN4O2S.HI/c1-5-20-18(22-15(2)10-13-26(4,24)25)21-11-12-23(3)14-16-6-8-17(19)9-7-16;/h6-9,15H,5,10-14H2,1-4H3,(H2,20,21,22);1H. The highest BCUT2D eigenvalue weighted by atomic mass is 127. The van der Waals surface area contributed by atoms with E-state index in [1.165, 1.54) is 18.4 Å². The Hall–Kier alpha value is -0.940. The largest absolute Gasteiger partial charge is 0.357 e. The Bertz CT molecular complexity index is 668. The smallest absolute Gasteiger partial charge is 0.191 e. The van der Waals surface area contributed by atoms with Gasteiger partial charge in [0.05, 0.1) is 12.3 Å². The van der Waals surface area contributed by atoms with Crippen LogP contribution in [0.5, 0.6) is 0 Å². The lowest BCUT2D eigenvalue weighted by molar-refractivity contribution is 0.336. The van der Waals surface area contributed by atoms with Gasteiger partial charge in [0, 0.05) is 31.9 Å². The molecule has 6 nitrogen and oxygen atoms in total. The minimum Gasteiger partial charge on any atom is -0.357 e. The van der Waals surface area contributed by atoms with Gasteiger partial charge in [-0.05, 0) is 45.0 Å².